The van der Waals surface area contributed by atoms with Crippen LogP contribution in [0.4, 0.5) is 0 Å². The summed E-state index contributed by atoms with van der Waals surface area (Å²) in [7, 11) is 0. The molecule has 6 heteroatoms. The van der Waals surface area contributed by atoms with Gasteiger partial charge in [-0.15, -0.1) is 0 Å². The number of carbonyl (C=O) groups is 1. The highest BCUT2D eigenvalue weighted by atomic mass is 35.6. The highest BCUT2D eigenvalue weighted by Crippen LogP contribution is 2.37. The lowest BCUT2D eigenvalue weighted by atomic mass is 10.1. The van der Waals surface area contributed by atoms with Gasteiger partial charge in [-0.05, 0) is 19.3 Å². The maximum atomic E-state index is 12.0. The fraction of sp³-hybridized carbons (Fsp3) is 0.727. The van der Waals surface area contributed by atoms with Crippen LogP contribution < -0.4 is 0 Å². The van der Waals surface area contributed by atoms with Gasteiger partial charge in [0, 0.05) is 24.4 Å². The maximum Gasteiger partial charge on any atom is 0.253 e. The average Bonchev–Trinajstić information content (AvgIpc) is 2.76. The van der Waals surface area contributed by atoms with E-state index in [1.807, 2.05) is 0 Å². The first-order valence-electron chi connectivity index (χ1n) is 5.66. The molecule has 1 aliphatic heterocycles. The minimum atomic E-state index is -1.84. The van der Waals surface area contributed by atoms with Crippen LogP contribution in [-0.4, -0.2) is 40.8 Å². The quantitative estimate of drug-likeness (QED) is 0.734. The third-order valence-corrected chi connectivity index (χ3v) is 3.63. The molecule has 1 fully saturated rings. The largest absolute Gasteiger partial charge is 0.378 e. The summed E-state index contributed by atoms with van der Waals surface area (Å²) in [4.78, 5) is 14.2. The summed E-state index contributed by atoms with van der Waals surface area (Å²) in [5, 5.41) is 0. The van der Waals surface area contributed by atoms with Crippen molar-refractivity contribution in [2.75, 3.05) is 26.3 Å². The predicted molar refractivity (Wildman–Crippen MR) is 68.6 cm³/mol. The van der Waals surface area contributed by atoms with Crippen molar-refractivity contribution in [3.05, 3.63) is 11.3 Å². The lowest BCUT2D eigenvalue weighted by Crippen LogP contribution is -2.36. The number of rotatable bonds is 2. The van der Waals surface area contributed by atoms with E-state index in [1.54, 1.807) is 0 Å². The monoisotopic (exact) mass is 297 g/mol. The highest BCUT2D eigenvalue weighted by Gasteiger charge is 2.37. The van der Waals surface area contributed by atoms with Gasteiger partial charge in [-0.25, -0.2) is 0 Å². The molecule has 0 bridgehead atoms. The first-order chi connectivity index (χ1) is 8.00. The van der Waals surface area contributed by atoms with Crippen LogP contribution in [0.2, 0.25) is 0 Å². The van der Waals surface area contributed by atoms with Gasteiger partial charge in [-0.1, -0.05) is 34.8 Å². The smallest absolute Gasteiger partial charge is 0.253 e. The van der Waals surface area contributed by atoms with Crippen molar-refractivity contribution >= 4 is 40.6 Å². The number of ether oxygens (including phenoxy) is 1. The van der Waals surface area contributed by atoms with E-state index in [0.29, 0.717) is 25.2 Å². The summed E-state index contributed by atoms with van der Waals surface area (Å²) in [6.07, 6.45) is 2.55. The molecule has 2 aliphatic rings. The molecular formula is C11H14Cl3NO2. The number of alkyl halides is 3. The molecule has 2 rings (SSSR count). The number of halogens is 3. The van der Waals surface area contributed by atoms with Crippen molar-refractivity contribution in [2.45, 2.75) is 23.1 Å². The molecule has 0 amide bonds. The standard InChI is InChI=1S/C11H14Cl3NO2/c12-11(13,14)10(16)8-2-1-3-9(8)15-4-6-17-7-5-15/h1-7H2. The minimum Gasteiger partial charge on any atom is -0.378 e. The molecule has 1 heterocycles. The first-order valence-corrected chi connectivity index (χ1v) is 6.80. The molecule has 0 N–H and O–H groups in total. The molecule has 0 radical (unpaired) electrons. The molecule has 0 aromatic heterocycles. The van der Waals surface area contributed by atoms with Crippen molar-refractivity contribution in [3.63, 3.8) is 0 Å². The minimum absolute atomic E-state index is 0.374. The van der Waals surface area contributed by atoms with E-state index in [9.17, 15) is 4.79 Å². The number of morpholine rings is 1. The van der Waals surface area contributed by atoms with Crippen molar-refractivity contribution in [1.29, 1.82) is 0 Å². The molecule has 3 nitrogen and oxygen atoms in total. The van der Waals surface area contributed by atoms with Gasteiger partial charge in [0.1, 0.15) is 0 Å². The Morgan fingerprint density at radius 2 is 1.82 bits per heavy atom. The number of allylic oxidation sites excluding steroid dienone is 2. The molecule has 0 aromatic rings. The number of ketones is 1. The van der Waals surface area contributed by atoms with Crippen LogP contribution >= 0.6 is 34.8 Å². The number of carbonyl (C=O) groups excluding carboxylic acids is 1. The lowest BCUT2D eigenvalue weighted by molar-refractivity contribution is -0.115. The summed E-state index contributed by atoms with van der Waals surface area (Å²) >= 11 is 17.0. The molecule has 1 saturated heterocycles. The van der Waals surface area contributed by atoms with Gasteiger partial charge in [0.2, 0.25) is 5.78 Å². The fourth-order valence-corrected chi connectivity index (χ4v) is 2.67. The van der Waals surface area contributed by atoms with Crippen molar-refractivity contribution in [3.8, 4) is 0 Å². The fourth-order valence-electron chi connectivity index (χ4n) is 2.33. The molecular weight excluding hydrogens is 284 g/mol. The van der Waals surface area contributed by atoms with Gasteiger partial charge in [0.25, 0.3) is 3.79 Å². The third-order valence-electron chi connectivity index (χ3n) is 3.11. The van der Waals surface area contributed by atoms with Crippen LogP contribution in [0.1, 0.15) is 19.3 Å². The third kappa shape index (κ3) is 3.08. The number of hydrogen-bond acceptors (Lipinski definition) is 3. The maximum absolute atomic E-state index is 12.0. The van der Waals surface area contributed by atoms with E-state index < -0.39 is 3.79 Å². The van der Waals surface area contributed by atoms with Crippen LogP contribution in [0.25, 0.3) is 0 Å². The Labute approximate surface area is 116 Å². The van der Waals surface area contributed by atoms with Gasteiger partial charge < -0.3 is 9.64 Å². The van der Waals surface area contributed by atoms with E-state index in [-0.39, 0.29) is 5.78 Å². The van der Waals surface area contributed by atoms with Crippen molar-refractivity contribution < 1.29 is 9.53 Å². The molecule has 0 saturated carbocycles. The highest BCUT2D eigenvalue weighted by molar-refractivity contribution is 6.77. The Balaban J connectivity index is 2.20. The summed E-state index contributed by atoms with van der Waals surface area (Å²) < 4.78 is 3.46. The Morgan fingerprint density at radius 3 is 2.41 bits per heavy atom. The summed E-state index contributed by atoms with van der Waals surface area (Å²) in [5.74, 6) is -0.374. The van der Waals surface area contributed by atoms with Crippen LogP contribution in [-0.2, 0) is 9.53 Å². The molecule has 0 unspecified atom stereocenters. The van der Waals surface area contributed by atoms with Crippen LogP contribution in [0.3, 0.4) is 0 Å². The van der Waals surface area contributed by atoms with Gasteiger partial charge in [-0.2, -0.15) is 0 Å². The second kappa shape index (κ2) is 5.35. The Hall–Kier alpha value is 0.0400. The van der Waals surface area contributed by atoms with Gasteiger partial charge in [-0.3, -0.25) is 4.79 Å². The lowest BCUT2D eigenvalue weighted by Gasteiger charge is -2.31. The van der Waals surface area contributed by atoms with Crippen molar-refractivity contribution in [2.24, 2.45) is 0 Å². The number of Topliss-reactive ketones (excluding diaryl/α,β-unsaturated/α-hetero) is 1. The van der Waals surface area contributed by atoms with E-state index in [0.717, 1.165) is 31.6 Å². The second-order valence-electron chi connectivity index (χ2n) is 4.21. The van der Waals surface area contributed by atoms with Gasteiger partial charge >= 0.3 is 0 Å². The average molecular weight is 299 g/mol. The first kappa shape index (κ1) is 13.5. The van der Waals surface area contributed by atoms with Gasteiger partial charge in [0.15, 0.2) is 0 Å². The van der Waals surface area contributed by atoms with E-state index in [2.05, 4.69) is 4.90 Å². The normalized spacial score (nSPS) is 22.2. The van der Waals surface area contributed by atoms with Crippen LogP contribution in [0, 0.1) is 0 Å². The molecule has 0 atom stereocenters. The molecule has 1 aliphatic carbocycles. The number of hydrogen-bond donors (Lipinski definition) is 0. The zero-order chi connectivity index (χ0) is 12.5. The summed E-state index contributed by atoms with van der Waals surface area (Å²) in [6, 6.07) is 0. The van der Waals surface area contributed by atoms with E-state index >= 15 is 0 Å². The SMILES string of the molecule is O=C(C1=C(N2CCOCC2)CCC1)C(Cl)(Cl)Cl. The molecule has 96 valence electrons. The summed E-state index contributed by atoms with van der Waals surface area (Å²) in [6.45, 7) is 3.01. The second-order valence-corrected chi connectivity index (χ2v) is 6.49. The predicted octanol–water partition coefficient (Wildman–Crippen LogP) is 2.70. The van der Waals surface area contributed by atoms with E-state index in [1.165, 1.54) is 0 Å². The molecule has 17 heavy (non-hydrogen) atoms. The Bertz CT molecular complexity index is 343. The van der Waals surface area contributed by atoms with Crippen LogP contribution in [0.15, 0.2) is 11.3 Å². The zero-order valence-electron chi connectivity index (χ0n) is 9.35. The zero-order valence-corrected chi connectivity index (χ0v) is 11.6. The Morgan fingerprint density at radius 1 is 1.18 bits per heavy atom. The topological polar surface area (TPSA) is 29.5 Å². The van der Waals surface area contributed by atoms with Crippen molar-refractivity contribution in [1.82, 2.24) is 4.90 Å². The number of nitrogens with zero attached hydrogens (tertiary/aromatic N) is 1. The Kier molecular flexibility index (Phi) is 4.24. The van der Waals surface area contributed by atoms with E-state index in [4.69, 9.17) is 39.5 Å². The molecule has 0 aromatic carbocycles. The van der Waals surface area contributed by atoms with Gasteiger partial charge in [0.05, 0.1) is 13.2 Å². The molecule has 0 spiro atoms. The summed E-state index contributed by atoms with van der Waals surface area (Å²) in [5.41, 5.74) is 1.73. The van der Waals surface area contributed by atoms with Crippen LogP contribution in [0.5, 0.6) is 0 Å².